The second-order valence-corrected chi connectivity index (χ2v) is 4.90. The third-order valence-corrected chi connectivity index (χ3v) is 3.56. The molecule has 3 heteroatoms. The summed E-state index contributed by atoms with van der Waals surface area (Å²) in [6.45, 7) is 2.17. The zero-order valence-electron chi connectivity index (χ0n) is 10.5. The van der Waals surface area contributed by atoms with Gasteiger partial charge in [0.05, 0.1) is 5.52 Å². The van der Waals surface area contributed by atoms with Gasteiger partial charge in [-0.15, -0.1) is 0 Å². The molecule has 1 atom stereocenters. The molecule has 2 heterocycles. The Balaban J connectivity index is 1.60. The number of anilines is 1. The van der Waals surface area contributed by atoms with Crippen LogP contribution in [0.25, 0.3) is 10.9 Å². The summed E-state index contributed by atoms with van der Waals surface area (Å²) < 4.78 is 0. The molecule has 1 aliphatic heterocycles. The minimum absolute atomic E-state index is 0.693. The summed E-state index contributed by atoms with van der Waals surface area (Å²) in [5.74, 6) is 0.978. The largest absolute Gasteiger partial charge is 0.370 e. The van der Waals surface area contributed by atoms with Gasteiger partial charge in [-0.05, 0) is 44.0 Å². The fourth-order valence-electron chi connectivity index (χ4n) is 2.54. The van der Waals surface area contributed by atoms with Crippen LogP contribution in [0.1, 0.15) is 19.3 Å². The van der Waals surface area contributed by atoms with Crippen molar-refractivity contribution in [2.24, 2.45) is 0 Å². The van der Waals surface area contributed by atoms with E-state index in [1.165, 1.54) is 31.2 Å². The molecule has 0 amide bonds. The van der Waals surface area contributed by atoms with Gasteiger partial charge in [0.25, 0.3) is 0 Å². The minimum atomic E-state index is 0.693. The van der Waals surface area contributed by atoms with E-state index < -0.39 is 0 Å². The van der Waals surface area contributed by atoms with Gasteiger partial charge in [-0.3, -0.25) is 0 Å². The monoisotopic (exact) mass is 241 g/mol. The first-order valence-electron chi connectivity index (χ1n) is 6.75. The van der Waals surface area contributed by atoms with E-state index >= 15 is 0 Å². The molecule has 0 saturated carbocycles. The van der Waals surface area contributed by atoms with Gasteiger partial charge in [-0.25, -0.2) is 4.98 Å². The Bertz CT molecular complexity index is 518. The number of benzene rings is 1. The molecule has 1 aromatic carbocycles. The summed E-state index contributed by atoms with van der Waals surface area (Å²) in [5, 5.41) is 8.12. The number of para-hydroxylation sites is 1. The van der Waals surface area contributed by atoms with E-state index in [1.807, 2.05) is 12.1 Å². The molecule has 18 heavy (non-hydrogen) atoms. The predicted octanol–water partition coefficient (Wildman–Crippen LogP) is 2.79. The van der Waals surface area contributed by atoms with E-state index in [0.29, 0.717) is 6.04 Å². The SMILES string of the molecule is c1ccc2nc(NCC[C@@H]3CCCN3)ccc2c1. The van der Waals surface area contributed by atoms with Gasteiger partial charge < -0.3 is 10.6 Å². The molecule has 1 saturated heterocycles. The van der Waals surface area contributed by atoms with Crippen molar-refractivity contribution in [3.8, 4) is 0 Å². The van der Waals surface area contributed by atoms with E-state index in [0.717, 1.165) is 17.9 Å². The maximum Gasteiger partial charge on any atom is 0.126 e. The van der Waals surface area contributed by atoms with Crippen molar-refractivity contribution in [3.63, 3.8) is 0 Å². The second-order valence-electron chi connectivity index (χ2n) is 4.90. The quantitative estimate of drug-likeness (QED) is 0.864. The van der Waals surface area contributed by atoms with Gasteiger partial charge in [-0.1, -0.05) is 18.2 Å². The maximum absolute atomic E-state index is 4.61. The van der Waals surface area contributed by atoms with Crippen molar-refractivity contribution in [1.29, 1.82) is 0 Å². The van der Waals surface area contributed by atoms with Gasteiger partial charge >= 0.3 is 0 Å². The van der Waals surface area contributed by atoms with Gasteiger partial charge in [0.15, 0.2) is 0 Å². The Labute approximate surface area is 108 Å². The van der Waals surface area contributed by atoms with Crippen LogP contribution in [0.15, 0.2) is 36.4 Å². The first-order chi connectivity index (χ1) is 8.92. The Hall–Kier alpha value is -1.61. The van der Waals surface area contributed by atoms with Crippen molar-refractivity contribution in [2.45, 2.75) is 25.3 Å². The first kappa shape index (κ1) is 11.5. The van der Waals surface area contributed by atoms with Gasteiger partial charge in [0.2, 0.25) is 0 Å². The minimum Gasteiger partial charge on any atom is -0.370 e. The summed E-state index contributed by atoms with van der Waals surface area (Å²) in [7, 11) is 0. The van der Waals surface area contributed by atoms with Crippen LogP contribution >= 0.6 is 0 Å². The van der Waals surface area contributed by atoms with E-state index in [1.54, 1.807) is 0 Å². The summed E-state index contributed by atoms with van der Waals surface area (Å²) >= 11 is 0. The van der Waals surface area contributed by atoms with Crippen LogP contribution in [-0.4, -0.2) is 24.1 Å². The predicted molar refractivity (Wildman–Crippen MR) is 75.9 cm³/mol. The smallest absolute Gasteiger partial charge is 0.126 e. The highest BCUT2D eigenvalue weighted by Crippen LogP contribution is 2.15. The zero-order chi connectivity index (χ0) is 12.2. The molecule has 2 N–H and O–H groups in total. The van der Waals surface area contributed by atoms with E-state index in [2.05, 4.69) is 39.9 Å². The Morgan fingerprint density at radius 2 is 2.17 bits per heavy atom. The fraction of sp³-hybridized carbons (Fsp3) is 0.400. The van der Waals surface area contributed by atoms with Crippen molar-refractivity contribution < 1.29 is 0 Å². The third kappa shape index (κ3) is 2.62. The first-order valence-corrected chi connectivity index (χ1v) is 6.75. The van der Waals surface area contributed by atoms with Crippen molar-refractivity contribution >= 4 is 16.7 Å². The number of hydrogen-bond acceptors (Lipinski definition) is 3. The Morgan fingerprint density at radius 1 is 1.22 bits per heavy atom. The van der Waals surface area contributed by atoms with Crippen LogP contribution in [0.5, 0.6) is 0 Å². The Kier molecular flexibility index (Phi) is 3.42. The molecule has 0 bridgehead atoms. The molecule has 1 aromatic heterocycles. The normalized spacial score (nSPS) is 19.2. The van der Waals surface area contributed by atoms with Crippen molar-refractivity contribution in [1.82, 2.24) is 10.3 Å². The molecule has 3 nitrogen and oxygen atoms in total. The lowest BCUT2D eigenvalue weighted by atomic mass is 10.1. The number of fused-ring (bicyclic) bond motifs is 1. The summed E-state index contributed by atoms with van der Waals surface area (Å²) in [6.07, 6.45) is 3.81. The summed E-state index contributed by atoms with van der Waals surface area (Å²) in [4.78, 5) is 4.61. The number of hydrogen-bond donors (Lipinski definition) is 2. The van der Waals surface area contributed by atoms with E-state index in [4.69, 9.17) is 0 Å². The molecular formula is C15H19N3. The highest BCUT2D eigenvalue weighted by molar-refractivity contribution is 5.79. The average Bonchev–Trinajstić information content (AvgIpc) is 2.92. The molecule has 3 rings (SSSR count). The molecule has 0 unspecified atom stereocenters. The standard InChI is InChI=1S/C15H19N3/c1-2-6-14-12(4-1)7-8-15(18-14)17-11-9-13-5-3-10-16-13/h1-2,4,6-8,13,16H,3,5,9-11H2,(H,17,18)/t13-/m0/s1. The molecule has 1 fully saturated rings. The van der Waals surface area contributed by atoms with Crippen LogP contribution in [0.2, 0.25) is 0 Å². The van der Waals surface area contributed by atoms with Crippen molar-refractivity contribution in [2.75, 3.05) is 18.4 Å². The molecule has 0 aliphatic carbocycles. The topological polar surface area (TPSA) is 37.0 Å². The highest BCUT2D eigenvalue weighted by Gasteiger charge is 2.12. The van der Waals surface area contributed by atoms with E-state index in [-0.39, 0.29) is 0 Å². The molecule has 94 valence electrons. The summed E-state index contributed by atoms with van der Waals surface area (Å²) in [5.41, 5.74) is 1.06. The van der Waals surface area contributed by atoms with Crippen LogP contribution in [0.3, 0.4) is 0 Å². The van der Waals surface area contributed by atoms with Crippen LogP contribution in [0, 0.1) is 0 Å². The molecule has 2 aromatic rings. The van der Waals surface area contributed by atoms with Gasteiger partial charge in [0, 0.05) is 18.0 Å². The zero-order valence-corrected chi connectivity index (χ0v) is 10.5. The highest BCUT2D eigenvalue weighted by atomic mass is 15.0. The number of aromatic nitrogens is 1. The maximum atomic E-state index is 4.61. The number of nitrogens with zero attached hydrogens (tertiary/aromatic N) is 1. The number of pyridine rings is 1. The lowest BCUT2D eigenvalue weighted by Crippen LogP contribution is -2.24. The molecule has 0 radical (unpaired) electrons. The lowest BCUT2D eigenvalue weighted by Gasteiger charge is -2.11. The molecule has 0 spiro atoms. The summed E-state index contributed by atoms with van der Waals surface area (Å²) in [6, 6.07) is 13.1. The molecular weight excluding hydrogens is 222 g/mol. The Morgan fingerprint density at radius 3 is 3.06 bits per heavy atom. The lowest BCUT2D eigenvalue weighted by molar-refractivity contribution is 0.574. The van der Waals surface area contributed by atoms with Gasteiger partial charge in [-0.2, -0.15) is 0 Å². The third-order valence-electron chi connectivity index (χ3n) is 3.56. The van der Waals surface area contributed by atoms with E-state index in [9.17, 15) is 0 Å². The number of nitrogens with one attached hydrogen (secondary N) is 2. The number of rotatable bonds is 4. The van der Waals surface area contributed by atoms with Crippen LogP contribution < -0.4 is 10.6 Å². The van der Waals surface area contributed by atoms with Crippen molar-refractivity contribution in [3.05, 3.63) is 36.4 Å². The van der Waals surface area contributed by atoms with Crippen LogP contribution in [-0.2, 0) is 0 Å². The fourth-order valence-corrected chi connectivity index (χ4v) is 2.54. The molecule has 1 aliphatic rings. The van der Waals surface area contributed by atoms with Crippen LogP contribution in [0.4, 0.5) is 5.82 Å². The second kappa shape index (κ2) is 5.36. The average molecular weight is 241 g/mol. The van der Waals surface area contributed by atoms with Gasteiger partial charge in [0.1, 0.15) is 5.82 Å².